The lowest BCUT2D eigenvalue weighted by molar-refractivity contribution is -0.120. The van der Waals surface area contributed by atoms with Gasteiger partial charge in [0.1, 0.15) is 22.2 Å². The van der Waals surface area contributed by atoms with E-state index >= 15 is 0 Å². The number of ether oxygens (including phenoxy) is 1. The van der Waals surface area contributed by atoms with E-state index in [0.29, 0.717) is 39.0 Å². The van der Waals surface area contributed by atoms with Crippen LogP contribution in [0, 0.1) is 6.92 Å². The van der Waals surface area contributed by atoms with E-state index in [4.69, 9.17) is 27.9 Å². The van der Waals surface area contributed by atoms with Crippen LogP contribution in [0.15, 0.2) is 108 Å². The highest BCUT2D eigenvalue weighted by Crippen LogP contribution is 2.33. The molecule has 39 heavy (non-hydrogen) atoms. The van der Waals surface area contributed by atoms with Crippen molar-refractivity contribution < 1.29 is 19.1 Å². The fourth-order valence-corrected chi connectivity index (χ4v) is 4.32. The van der Waals surface area contributed by atoms with Gasteiger partial charge in [0.15, 0.2) is 0 Å². The maximum Gasteiger partial charge on any atom is 0.283 e. The van der Waals surface area contributed by atoms with Crippen LogP contribution in [0.4, 0.5) is 17.1 Å². The lowest BCUT2D eigenvalue weighted by atomic mass is 10.1. The number of carbonyl (C=O) groups is 3. The van der Waals surface area contributed by atoms with E-state index in [2.05, 4.69) is 10.6 Å². The molecule has 1 heterocycles. The molecular formula is C30H21Cl2N3O4. The Hall–Kier alpha value is -4.59. The first-order valence-corrected chi connectivity index (χ1v) is 12.6. The lowest BCUT2D eigenvalue weighted by Crippen LogP contribution is -2.32. The Bertz CT molecular complexity index is 1600. The first kappa shape index (κ1) is 26.0. The monoisotopic (exact) mass is 557 g/mol. The van der Waals surface area contributed by atoms with E-state index in [1.165, 1.54) is 6.07 Å². The number of amides is 3. The Balaban J connectivity index is 1.23. The van der Waals surface area contributed by atoms with Crippen molar-refractivity contribution in [3.63, 3.8) is 0 Å². The molecule has 0 spiro atoms. The normalized spacial score (nSPS) is 13.1. The maximum atomic E-state index is 13.1. The Labute approximate surface area is 234 Å². The van der Waals surface area contributed by atoms with Crippen LogP contribution in [-0.4, -0.2) is 17.7 Å². The predicted molar refractivity (Wildman–Crippen MR) is 153 cm³/mol. The highest BCUT2D eigenvalue weighted by molar-refractivity contribution is 6.53. The first-order chi connectivity index (χ1) is 18.8. The third-order valence-electron chi connectivity index (χ3n) is 5.95. The molecular weight excluding hydrogens is 537 g/mol. The molecule has 3 amide bonds. The molecule has 2 N–H and O–H groups in total. The number of benzene rings is 4. The number of carbonyl (C=O) groups excluding carboxylic acids is 3. The molecule has 1 aliphatic heterocycles. The van der Waals surface area contributed by atoms with Crippen LogP contribution in [0.25, 0.3) is 0 Å². The first-order valence-electron chi connectivity index (χ1n) is 11.9. The van der Waals surface area contributed by atoms with E-state index in [9.17, 15) is 14.4 Å². The minimum Gasteiger partial charge on any atom is -0.457 e. The molecule has 0 radical (unpaired) electrons. The van der Waals surface area contributed by atoms with Crippen LogP contribution >= 0.6 is 23.2 Å². The number of rotatable bonds is 7. The van der Waals surface area contributed by atoms with Crippen LogP contribution < -0.4 is 20.3 Å². The second kappa shape index (κ2) is 11.0. The number of hydrogen-bond donors (Lipinski definition) is 2. The van der Waals surface area contributed by atoms with Gasteiger partial charge in [0.25, 0.3) is 17.7 Å². The molecule has 4 aromatic carbocycles. The van der Waals surface area contributed by atoms with Crippen molar-refractivity contribution >= 4 is 58.0 Å². The summed E-state index contributed by atoms with van der Waals surface area (Å²) < 4.78 is 5.77. The van der Waals surface area contributed by atoms with Crippen LogP contribution in [-0.2, 0) is 9.59 Å². The zero-order valence-electron chi connectivity index (χ0n) is 20.6. The number of hydrogen-bond acceptors (Lipinski definition) is 5. The van der Waals surface area contributed by atoms with E-state index < -0.39 is 11.8 Å². The highest BCUT2D eigenvalue weighted by atomic mass is 35.5. The smallest absolute Gasteiger partial charge is 0.283 e. The summed E-state index contributed by atoms with van der Waals surface area (Å²) in [5.41, 5.74) is 2.48. The largest absolute Gasteiger partial charge is 0.457 e. The summed E-state index contributed by atoms with van der Waals surface area (Å²) in [6.45, 7) is 1.77. The van der Waals surface area contributed by atoms with Crippen LogP contribution in [0.3, 0.4) is 0 Å². The van der Waals surface area contributed by atoms with E-state index in [1.807, 2.05) is 30.3 Å². The highest BCUT2D eigenvalue weighted by Gasteiger charge is 2.39. The molecule has 0 fully saturated rings. The third-order valence-corrected chi connectivity index (χ3v) is 6.53. The van der Waals surface area contributed by atoms with E-state index in [-0.39, 0.29) is 16.6 Å². The SMILES string of the molecule is Cc1ccc(Cl)cc1N1C(=O)C(Cl)=C(Nc2ccc(C(=O)Nc3ccc(Oc4ccccc4)cc3)cc2)C1=O. The molecule has 194 valence electrons. The van der Waals surface area contributed by atoms with Gasteiger partial charge in [-0.3, -0.25) is 14.4 Å². The zero-order valence-corrected chi connectivity index (χ0v) is 22.1. The van der Waals surface area contributed by atoms with E-state index in [0.717, 1.165) is 10.6 Å². The van der Waals surface area contributed by atoms with Crippen molar-refractivity contribution in [1.29, 1.82) is 0 Å². The van der Waals surface area contributed by atoms with Gasteiger partial charge in [-0.25, -0.2) is 4.90 Å². The maximum absolute atomic E-state index is 13.1. The van der Waals surface area contributed by atoms with Crippen molar-refractivity contribution in [2.75, 3.05) is 15.5 Å². The molecule has 5 rings (SSSR count). The molecule has 0 atom stereocenters. The van der Waals surface area contributed by atoms with Crippen LogP contribution in [0.5, 0.6) is 11.5 Å². The summed E-state index contributed by atoms with van der Waals surface area (Å²) in [4.78, 5) is 39.6. The van der Waals surface area contributed by atoms with Gasteiger partial charge in [0.2, 0.25) is 0 Å². The van der Waals surface area contributed by atoms with Gasteiger partial charge >= 0.3 is 0 Å². The summed E-state index contributed by atoms with van der Waals surface area (Å²) in [5, 5.41) is 5.89. The molecule has 0 saturated heterocycles. The molecule has 7 nitrogen and oxygen atoms in total. The van der Waals surface area contributed by atoms with E-state index in [1.54, 1.807) is 67.6 Å². The minimum atomic E-state index is -0.647. The number of nitrogens with zero attached hydrogens (tertiary/aromatic N) is 1. The second-order valence-electron chi connectivity index (χ2n) is 8.66. The Morgan fingerprint density at radius 2 is 1.41 bits per heavy atom. The summed E-state index contributed by atoms with van der Waals surface area (Å²) in [6.07, 6.45) is 0. The quantitative estimate of drug-likeness (QED) is 0.236. The fraction of sp³-hybridized carbons (Fsp3) is 0.0333. The number of nitrogens with one attached hydrogen (secondary N) is 2. The molecule has 9 heteroatoms. The van der Waals surface area contributed by atoms with Gasteiger partial charge in [-0.05, 0) is 85.3 Å². The Morgan fingerprint density at radius 1 is 0.769 bits per heavy atom. The van der Waals surface area contributed by atoms with Crippen molar-refractivity contribution in [1.82, 2.24) is 0 Å². The topological polar surface area (TPSA) is 87.7 Å². The summed E-state index contributed by atoms with van der Waals surface area (Å²) in [5.74, 6) is -0.199. The van der Waals surface area contributed by atoms with Gasteiger partial charge < -0.3 is 15.4 Å². The molecule has 0 unspecified atom stereocenters. The van der Waals surface area contributed by atoms with Gasteiger partial charge in [-0.15, -0.1) is 0 Å². The Morgan fingerprint density at radius 3 is 2.10 bits per heavy atom. The lowest BCUT2D eigenvalue weighted by Gasteiger charge is -2.17. The summed E-state index contributed by atoms with van der Waals surface area (Å²) in [7, 11) is 0. The fourth-order valence-electron chi connectivity index (χ4n) is 3.94. The number of imide groups is 1. The molecule has 0 aromatic heterocycles. The van der Waals surface area contributed by atoms with Crippen LogP contribution in [0.2, 0.25) is 5.02 Å². The molecule has 0 saturated carbocycles. The van der Waals surface area contributed by atoms with Gasteiger partial charge in [-0.2, -0.15) is 0 Å². The van der Waals surface area contributed by atoms with Crippen molar-refractivity contribution in [2.24, 2.45) is 0 Å². The molecule has 4 aromatic rings. The number of halogens is 2. The molecule has 0 aliphatic carbocycles. The third kappa shape index (κ3) is 5.65. The number of anilines is 3. The Kier molecular flexibility index (Phi) is 7.36. The van der Waals surface area contributed by atoms with Crippen molar-refractivity contribution in [3.05, 3.63) is 124 Å². The molecule has 1 aliphatic rings. The van der Waals surface area contributed by atoms with Crippen molar-refractivity contribution in [2.45, 2.75) is 6.92 Å². The zero-order chi connectivity index (χ0) is 27.5. The average molecular weight is 558 g/mol. The predicted octanol–water partition coefficient (Wildman–Crippen LogP) is 7.13. The van der Waals surface area contributed by atoms with Gasteiger partial charge in [0.05, 0.1) is 5.69 Å². The second-order valence-corrected chi connectivity index (χ2v) is 9.48. The van der Waals surface area contributed by atoms with Gasteiger partial charge in [0, 0.05) is 22.0 Å². The standard InChI is InChI=1S/C30H21Cl2N3O4/c1-18-7-10-20(31)17-25(18)35-29(37)26(32)27(30(35)38)33-21-11-8-19(9-12-21)28(36)34-22-13-15-24(16-14-22)39-23-5-3-2-4-6-23/h2-17,33H,1H3,(H,34,36). The summed E-state index contributed by atoms with van der Waals surface area (Å²) in [6, 6.07) is 27.8. The minimum absolute atomic E-state index is 0.0592. The summed E-state index contributed by atoms with van der Waals surface area (Å²) >= 11 is 12.3. The average Bonchev–Trinajstić information content (AvgIpc) is 3.15. The number of para-hydroxylation sites is 1. The van der Waals surface area contributed by atoms with Crippen LogP contribution in [0.1, 0.15) is 15.9 Å². The number of aryl methyl sites for hydroxylation is 1. The van der Waals surface area contributed by atoms with Crippen molar-refractivity contribution in [3.8, 4) is 11.5 Å². The van der Waals surface area contributed by atoms with Gasteiger partial charge in [-0.1, -0.05) is 47.5 Å². The molecule has 0 bridgehead atoms.